The molecule has 2 rings (SSSR count). The summed E-state index contributed by atoms with van der Waals surface area (Å²) in [5.41, 5.74) is 6.03. The lowest BCUT2D eigenvalue weighted by Gasteiger charge is -2.28. The van der Waals surface area contributed by atoms with Crippen LogP contribution in [0, 0.1) is 5.41 Å². The van der Waals surface area contributed by atoms with Crippen LogP contribution in [0.2, 0.25) is 0 Å². The molecule has 1 heterocycles. The van der Waals surface area contributed by atoms with E-state index in [1.165, 1.54) is 12.8 Å². The third-order valence-electron chi connectivity index (χ3n) is 3.63. The van der Waals surface area contributed by atoms with E-state index in [9.17, 15) is 0 Å². The Morgan fingerprint density at radius 3 is 2.76 bits per heavy atom. The summed E-state index contributed by atoms with van der Waals surface area (Å²) in [7, 11) is 0. The Bertz CT molecular complexity index is 328. The topological polar surface area (TPSA) is 42.4 Å². The maximum absolute atomic E-state index is 5.78. The number of rotatable bonds is 7. The second-order valence-corrected chi connectivity index (χ2v) is 5.90. The lowest BCUT2D eigenvalue weighted by Crippen LogP contribution is -2.32. The highest BCUT2D eigenvalue weighted by Crippen LogP contribution is 2.30. The first-order chi connectivity index (χ1) is 8.11. The van der Waals surface area contributed by atoms with E-state index in [2.05, 4.69) is 24.8 Å². The minimum Gasteiger partial charge on any atom is -0.468 e. The normalized spacial score (nSPS) is 16.7. The van der Waals surface area contributed by atoms with Gasteiger partial charge in [0.1, 0.15) is 5.76 Å². The molecule has 0 aromatic carbocycles. The molecule has 0 bridgehead atoms. The molecule has 0 saturated heterocycles. The van der Waals surface area contributed by atoms with Gasteiger partial charge < -0.3 is 10.2 Å². The lowest BCUT2D eigenvalue weighted by molar-refractivity contribution is 0.194. The van der Waals surface area contributed by atoms with Crippen LogP contribution in [0.25, 0.3) is 0 Å². The van der Waals surface area contributed by atoms with Crippen molar-refractivity contribution in [2.75, 3.05) is 13.1 Å². The molecule has 1 aromatic heterocycles. The van der Waals surface area contributed by atoms with E-state index in [0.29, 0.717) is 0 Å². The predicted molar refractivity (Wildman–Crippen MR) is 69.6 cm³/mol. The summed E-state index contributed by atoms with van der Waals surface area (Å²) in [5.74, 6) is 1.07. The zero-order valence-electron chi connectivity index (χ0n) is 11.0. The third-order valence-corrected chi connectivity index (χ3v) is 3.63. The second kappa shape index (κ2) is 5.23. The molecule has 0 unspecified atom stereocenters. The Balaban J connectivity index is 1.85. The number of nitrogens with zero attached hydrogens (tertiary/aromatic N) is 1. The van der Waals surface area contributed by atoms with Crippen molar-refractivity contribution in [3.05, 3.63) is 24.2 Å². The molecular weight excluding hydrogens is 212 g/mol. The number of hydrogen-bond donors (Lipinski definition) is 1. The molecule has 0 atom stereocenters. The third kappa shape index (κ3) is 3.86. The van der Waals surface area contributed by atoms with Crippen molar-refractivity contribution in [2.45, 2.75) is 45.7 Å². The number of nitrogens with two attached hydrogens (primary N) is 1. The van der Waals surface area contributed by atoms with E-state index in [4.69, 9.17) is 10.2 Å². The van der Waals surface area contributed by atoms with Crippen LogP contribution in [0.15, 0.2) is 22.8 Å². The first-order valence-electron chi connectivity index (χ1n) is 6.57. The average molecular weight is 236 g/mol. The fourth-order valence-electron chi connectivity index (χ4n) is 1.98. The van der Waals surface area contributed by atoms with Crippen molar-refractivity contribution in [2.24, 2.45) is 11.1 Å². The average Bonchev–Trinajstić information content (AvgIpc) is 3.03. The van der Waals surface area contributed by atoms with E-state index in [1.54, 1.807) is 6.26 Å². The van der Waals surface area contributed by atoms with Crippen LogP contribution in [0.5, 0.6) is 0 Å². The van der Waals surface area contributed by atoms with Gasteiger partial charge in [0.15, 0.2) is 0 Å². The monoisotopic (exact) mass is 236 g/mol. The minimum atomic E-state index is 0.246. The van der Waals surface area contributed by atoms with E-state index in [0.717, 1.165) is 37.9 Å². The van der Waals surface area contributed by atoms with Crippen molar-refractivity contribution in [3.8, 4) is 0 Å². The van der Waals surface area contributed by atoms with Crippen molar-refractivity contribution in [3.63, 3.8) is 0 Å². The summed E-state index contributed by atoms with van der Waals surface area (Å²) in [6.07, 6.45) is 5.58. The maximum atomic E-state index is 5.78. The number of hydrogen-bond acceptors (Lipinski definition) is 3. The first kappa shape index (κ1) is 12.7. The summed E-state index contributed by atoms with van der Waals surface area (Å²) in [6.45, 7) is 7.30. The van der Waals surface area contributed by atoms with Gasteiger partial charge in [-0.15, -0.1) is 0 Å². The smallest absolute Gasteiger partial charge is 0.117 e. The quantitative estimate of drug-likeness (QED) is 0.791. The van der Waals surface area contributed by atoms with E-state index >= 15 is 0 Å². The molecule has 0 radical (unpaired) electrons. The Hall–Kier alpha value is -0.800. The van der Waals surface area contributed by atoms with Gasteiger partial charge in [-0.2, -0.15) is 0 Å². The molecule has 1 aliphatic carbocycles. The fraction of sp³-hybridized carbons (Fsp3) is 0.714. The van der Waals surface area contributed by atoms with Crippen LogP contribution >= 0.6 is 0 Å². The largest absolute Gasteiger partial charge is 0.468 e. The molecule has 1 aromatic rings. The van der Waals surface area contributed by atoms with E-state index in [1.807, 2.05) is 6.07 Å². The molecule has 2 N–H and O–H groups in total. The summed E-state index contributed by atoms with van der Waals surface area (Å²) < 4.78 is 5.43. The Labute approximate surface area is 104 Å². The molecule has 0 spiro atoms. The standard InChI is InChI=1S/C14H24N2O/c1-14(2,11-15)7-8-16(12-5-6-12)10-13-4-3-9-17-13/h3-4,9,12H,5-8,10-11,15H2,1-2H3. The Morgan fingerprint density at radius 2 is 2.24 bits per heavy atom. The van der Waals surface area contributed by atoms with Gasteiger partial charge >= 0.3 is 0 Å². The van der Waals surface area contributed by atoms with Crippen molar-refractivity contribution in [1.29, 1.82) is 0 Å². The SMILES string of the molecule is CC(C)(CN)CCN(Cc1ccco1)C1CC1. The molecule has 0 aliphatic heterocycles. The molecule has 1 saturated carbocycles. The van der Waals surface area contributed by atoms with Gasteiger partial charge in [-0.3, -0.25) is 4.90 Å². The fourth-order valence-corrected chi connectivity index (χ4v) is 1.98. The molecule has 0 amide bonds. The van der Waals surface area contributed by atoms with E-state index < -0.39 is 0 Å². The van der Waals surface area contributed by atoms with Crippen LogP contribution in [-0.4, -0.2) is 24.0 Å². The Kier molecular flexibility index (Phi) is 3.89. The van der Waals surface area contributed by atoms with Crippen LogP contribution in [0.3, 0.4) is 0 Å². The van der Waals surface area contributed by atoms with Crippen molar-refractivity contribution >= 4 is 0 Å². The molecule has 3 heteroatoms. The Morgan fingerprint density at radius 1 is 1.47 bits per heavy atom. The molecule has 3 nitrogen and oxygen atoms in total. The molecule has 1 fully saturated rings. The van der Waals surface area contributed by atoms with Gasteiger partial charge in [0.25, 0.3) is 0 Å². The first-order valence-corrected chi connectivity index (χ1v) is 6.57. The van der Waals surface area contributed by atoms with Crippen molar-refractivity contribution in [1.82, 2.24) is 4.90 Å². The van der Waals surface area contributed by atoms with Crippen LogP contribution < -0.4 is 5.73 Å². The van der Waals surface area contributed by atoms with Crippen LogP contribution in [0.4, 0.5) is 0 Å². The number of furan rings is 1. The van der Waals surface area contributed by atoms with Gasteiger partial charge in [-0.1, -0.05) is 13.8 Å². The van der Waals surface area contributed by atoms with E-state index in [-0.39, 0.29) is 5.41 Å². The lowest BCUT2D eigenvalue weighted by atomic mass is 9.89. The second-order valence-electron chi connectivity index (χ2n) is 5.90. The maximum Gasteiger partial charge on any atom is 0.117 e. The van der Waals surface area contributed by atoms with Crippen molar-refractivity contribution < 1.29 is 4.42 Å². The highest BCUT2D eigenvalue weighted by atomic mass is 16.3. The van der Waals surface area contributed by atoms with Gasteiger partial charge in [-0.25, -0.2) is 0 Å². The minimum absolute atomic E-state index is 0.246. The van der Waals surface area contributed by atoms with Crippen LogP contribution in [0.1, 0.15) is 38.9 Å². The summed E-state index contributed by atoms with van der Waals surface area (Å²) in [4.78, 5) is 2.54. The summed E-state index contributed by atoms with van der Waals surface area (Å²) in [5, 5.41) is 0. The molecule has 96 valence electrons. The zero-order valence-corrected chi connectivity index (χ0v) is 11.0. The summed E-state index contributed by atoms with van der Waals surface area (Å²) in [6, 6.07) is 4.79. The van der Waals surface area contributed by atoms with Gasteiger partial charge in [0, 0.05) is 6.04 Å². The van der Waals surface area contributed by atoms with Crippen LogP contribution in [-0.2, 0) is 6.54 Å². The highest BCUT2D eigenvalue weighted by molar-refractivity contribution is 4.99. The highest BCUT2D eigenvalue weighted by Gasteiger charge is 2.30. The molecular formula is C14H24N2O. The predicted octanol–water partition coefficient (Wildman–Crippen LogP) is 2.62. The van der Waals surface area contributed by atoms with Gasteiger partial charge in [-0.05, 0) is 49.9 Å². The summed E-state index contributed by atoms with van der Waals surface area (Å²) >= 11 is 0. The van der Waals surface area contributed by atoms with Gasteiger partial charge in [0.05, 0.1) is 12.8 Å². The molecule has 17 heavy (non-hydrogen) atoms. The molecule has 1 aliphatic rings. The zero-order chi connectivity index (χ0) is 12.3. The van der Waals surface area contributed by atoms with Gasteiger partial charge in [0.2, 0.25) is 0 Å².